The second-order valence-corrected chi connectivity index (χ2v) is 4.95. The van der Waals surface area contributed by atoms with Gasteiger partial charge in [0.25, 0.3) is 0 Å². The van der Waals surface area contributed by atoms with Gasteiger partial charge in [0.05, 0.1) is 18.9 Å². The van der Waals surface area contributed by atoms with E-state index in [9.17, 15) is 0 Å². The summed E-state index contributed by atoms with van der Waals surface area (Å²) in [7, 11) is 0. The summed E-state index contributed by atoms with van der Waals surface area (Å²) < 4.78 is 11.3. The Labute approximate surface area is 109 Å². The van der Waals surface area contributed by atoms with E-state index >= 15 is 0 Å². The zero-order valence-corrected chi connectivity index (χ0v) is 11.2. The lowest BCUT2D eigenvalue weighted by molar-refractivity contribution is 0.208. The van der Waals surface area contributed by atoms with Crippen LogP contribution in [0.2, 0.25) is 0 Å². The molecule has 1 aromatic carbocycles. The summed E-state index contributed by atoms with van der Waals surface area (Å²) >= 11 is 0. The van der Waals surface area contributed by atoms with Crippen LogP contribution < -0.4 is 15.2 Å². The monoisotopic (exact) mass is 249 g/mol. The second kappa shape index (κ2) is 6.53. The van der Waals surface area contributed by atoms with Crippen molar-refractivity contribution in [2.45, 2.75) is 39.0 Å². The minimum atomic E-state index is 0.621. The van der Waals surface area contributed by atoms with Gasteiger partial charge in [-0.25, -0.2) is 0 Å². The van der Waals surface area contributed by atoms with Gasteiger partial charge >= 0.3 is 0 Å². The van der Waals surface area contributed by atoms with E-state index in [4.69, 9.17) is 15.2 Å². The third-order valence-corrected chi connectivity index (χ3v) is 3.50. The molecular formula is C15H23NO2. The third-order valence-electron chi connectivity index (χ3n) is 3.50. The van der Waals surface area contributed by atoms with Crippen molar-refractivity contribution in [3.63, 3.8) is 0 Å². The van der Waals surface area contributed by atoms with Crippen LogP contribution in [0.3, 0.4) is 0 Å². The van der Waals surface area contributed by atoms with Gasteiger partial charge < -0.3 is 15.2 Å². The zero-order valence-electron chi connectivity index (χ0n) is 11.2. The molecule has 0 atom stereocenters. The molecule has 0 heterocycles. The van der Waals surface area contributed by atoms with Gasteiger partial charge in [-0.2, -0.15) is 0 Å². The van der Waals surface area contributed by atoms with Crippen LogP contribution >= 0.6 is 0 Å². The van der Waals surface area contributed by atoms with E-state index < -0.39 is 0 Å². The Morgan fingerprint density at radius 1 is 1.17 bits per heavy atom. The Morgan fingerprint density at radius 3 is 2.67 bits per heavy atom. The number of anilines is 1. The number of benzene rings is 1. The molecule has 100 valence electrons. The Hall–Kier alpha value is -1.38. The second-order valence-electron chi connectivity index (χ2n) is 4.95. The summed E-state index contributed by atoms with van der Waals surface area (Å²) in [4.78, 5) is 0. The first-order valence-electron chi connectivity index (χ1n) is 6.94. The topological polar surface area (TPSA) is 44.5 Å². The number of nitrogens with two attached hydrogens (primary N) is 1. The molecule has 2 rings (SSSR count). The minimum absolute atomic E-state index is 0.621. The van der Waals surface area contributed by atoms with Crippen LogP contribution in [0.4, 0.5) is 5.69 Å². The van der Waals surface area contributed by atoms with Crippen molar-refractivity contribution in [2.24, 2.45) is 5.92 Å². The standard InChI is InChI=1S/C15H23NO2/c1-2-17-15-10-13(8-9-14(15)16)18-11-12-6-4-3-5-7-12/h8-10,12H,2-7,11,16H2,1H3. The molecule has 1 saturated carbocycles. The predicted molar refractivity (Wildman–Crippen MR) is 74.1 cm³/mol. The van der Waals surface area contributed by atoms with Gasteiger partial charge in [0, 0.05) is 6.07 Å². The van der Waals surface area contributed by atoms with Crippen molar-refractivity contribution in [1.29, 1.82) is 0 Å². The average molecular weight is 249 g/mol. The van der Waals surface area contributed by atoms with E-state index in [0.717, 1.165) is 18.1 Å². The average Bonchev–Trinajstić information content (AvgIpc) is 2.41. The van der Waals surface area contributed by atoms with Crippen molar-refractivity contribution < 1.29 is 9.47 Å². The molecule has 1 aliphatic carbocycles. The number of rotatable bonds is 5. The lowest BCUT2D eigenvalue weighted by atomic mass is 9.90. The molecule has 3 nitrogen and oxygen atoms in total. The van der Waals surface area contributed by atoms with Gasteiger partial charge in [0.2, 0.25) is 0 Å². The van der Waals surface area contributed by atoms with Crippen LogP contribution in [0.15, 0.2) is 18.2 Å². The van der Waals surface area contributed by atoms with Crippen LogP contribution in [0.25, 0.3) is 0 Å². The van der Waals surface area contributed by atoms with Crippen molar-refractivity contribution in [2.75, 3.05) is 18.9 Å². The SMILES string of the molecule is CCOc1cc(OCC2CCCCC2)ccc1N. The van der Waals surface area contributed by atoms with Gasteiger partial charge in [-0.05, 0) is 37.8 Å². The smallest absolute Gasteiger partial charge is 0.145 e. The molecular weight excluding hydrogens is 226 g/mol. The summed E-state index contributed by atoms with van der Waals surface area (Å²) in [5.74, 6) is 2.30. The normalized spacial score (nSPS) is 16.5. The summed E-state index contributed by atoms with van der Waals surface area (Å²) in [6.45, 7) is 3.39. The first kappa shape index (κ1) is 13.1. The van der Waals surface area contributed by atoms with Gasteiger partial charge in [0.1, 0.15) is 11.5 Å². The van der Waals surface area contributed by atoms with E-state index in [1.54, 1.807) is 0 Å². The van der Waals surface area contributed by atoms with Gasteiger partial charge in [0.15, 0.2) is 0 Å². The minimum Gasteiger partial charge on any atom is -0.493 e. The Kier molecular flexibility index (Phi) is 4.73. The summed E-state index contributed by atoms with van der Waals surface area (Å²) in [5.41, 5.74) is 6.50. The van der Waals surface area contributed by atoms with E-state index in [-0.39, 0.29) is 0 Å². The van der Waals surface area contributed by atoms with Crippen LogP contribution in [-0.4, -0.2) is 13.2 Å². The van der Waals surface area contributed by atoms with Gasteiger partial charge in [-0.1, -0.05) is 19.3 Å². The van der Waals surface area contributed by atoms with E-state index in [0.29, 0.717) is 18.2 Å². The third kappa shape index (κ3) is 3.56. The summed E-state index contributed by atoms with van der Waals surface area (Å²) in [5, 5.41) is 0. The number of nitrogen functional groups attached to an aromatic ring is 1. The molecule has 1 aromatic rings. The lowest BCUT2D eigenvalue weighted by Gasteiger charge is -2.21. The van der Waals surface area contributed by atoms with Crippen molar-refractivity contribution in [3.8, 4) is 11.5 Å². The molecule has 0 spiro atoms. The molecule has 1 aliphatic rings. The largest absolute Gasteiger partial charge is 0.493 e. The fourth-order valence-corrected chi connectivity index (χ4v) is 2.45. The van der Waals surface area contributed by atoms with Crippen LogP contribution in [0.1, 0.15) is 39.0 Å². The highest BCUT2D eigenvalue weighted by atomic mass is 16.5. The molecule has 0 aliphatic heterocycles. The lowest BCUT2D eigenvalue weighted by Crippen LogP contribution is -2.15. The Morgan fingerprint density at radius 2 is 1.94 bits per heavy atom. The summed E-state index contributed by atoms with van der Waals surface area (Å²) in [6.07, 6.45) is 6.67. The fraction of sp³-hybridized carbons (Fsp3) is 0.600. The van der Waals surface area contributed by atoms with E-state index in [1.807, 2.05) is 25.1 Å². The Bertz CT molecular complexity index is 373. The van der Waals surface area contributed by atoms with Crippen LogP contribution in [0, 0.1) is 5.92 Å². The first-order chi connectivity index (χ1) is 8.79. The molecule has 0 radical (unpaired) electrons. The van der Waals surface area contributed by atoms with Crippen molar-refractivity contribution in [1.82, 2.24) is 0 Å². The van der Waals surface area contributed by atoms with Crippen molar-refractivity contribution >= 4 is 5.69 Å². The molecule has 0 saturated heterocycles. The quantitative estimate of drug-likeness (QED) is 0.810. The van der Waals surface area contributed by atoms with E-state index in [1.165, 1.54) is 32.1 Å². The van der Waals surface area contributed by atoms with E-state index in [2.05, 4.69) is 0 Å². The number of ether oxygens (including phenoxy) is 2. The maximum absolute atomic E-state index is 5.85. The fourth-order valence-electron chi connectivity index (χ4n) is 2.45. The maximum Gasteiger partial charge on any atom is 0.145 e. The predicted octanol–water partition coefficient (Wildman–Crippen LogP) is 3.63. The Balaban J connectivity index is 1.90. The number of hydrogen-bond donors (Lipinski definition) is 1. The molecule has 0 unspecified atom stereocenters. The van der Waals surface area contributed by atoms with Crippen molar-refractivity contribution in [3.05, 3.63) is 18.2 Å². The highest BCUT2D eigenvalue weighted by molar-refractivity contribution is 5.55. The maximum atomic E-state index is 5.85. The molecule has 2 N–H and O–H groups in total. The van der Waals surface area contributed by atoms with Gasteiger partial charge in [-0.15, -0.1) is 0 Å². The first-order valence-corrected chi connectivity index (χ1v) is 6.94. The van der Waals surface area contributed by atoms with Gasteiger partial charge in [-0.3, -0.25) is 0 Å². The molecule has 0 bridgehead atoms. The van der Waals surface area contributed by atoms with Crippen LogP contribution in [0.5, 0.6) is 11.5 Å². The molecule has 0 amide bonds. The molecule has 1 fully saturated rings. The molecule has 3 heteroatoms. The molecule has 18 heavy (non-hydrogen) atoms. The van der Waals surface area contributed by atoms with Crippen LogP contribution in [-0.2, 0) is 0 Å². The molecule has 0 aromatic heterocycles. The zero-order chi connectivity index (χ0) is 12.8. The highest BCUT2D eigenvalue weighted by Gasteiger charge is 2.14. The highest BCUT2D eigenvalue weighted by Crippen LogP contribution is 2.29. The number of hydrogen-bond acceptors (Lipinski definition) is 3. The summed E-state index contributed by atoms with van der Waals surface area (Å²) in [6, 6.07) is 5.66.